The van der Waals surface area contributed by atoms with Crippen molar-refractivity contribution >= 4 is 16.7 Å². The molecule has 29 heavy (non-hydrogen) atoms. The minimum atomic E-state index is -0.198. The Balaban J connectivity index is 1.44. The Morgan fingerprint density at radius 3 is 1.79 bits per heavy atom. The third kappa shape index (κ3) is 9.47. The smallest absolute Gasteiger partial charge is 0.338 e. The van der Waals surface area contributed by atoms with Crippen LogP contribution in [0.4, 0.5) is 0 Å². The van der Waals surface area contributed by atoms with Crippen molar-refractivity contribution < 1.29 is 9.53 Å². The van der Waals surface area contributed by atoms with Crippen LogP contribution >= 0.6 is 0 Å². The van der Waals surface area contributed by atoms with E-state index in [1.807, 2.05) is 42.5 Å². The molecule has 2 rings (SSSR count). The van der Waals surface area contributed by atoms with E-state index >= 15 is 0 Å². The van der Waals surface area contributed by atoms with Crippen molar-refractivity contribution in [2.24, 2.45) is 0 Å². The van der Waals surface area contributed by atoms with Crippen molar-refractivity contribution in [3.05, 3.63) is 48.0 Å². The van der Waals surface area contributed by atoms with Gasteiger partial charge in [-0.05, 0) is 23.3 Å². The number of hydrogen-bond acceptors (Lipinski definition) is 2. The molecule has 0 amide bonds. The Labute approximate surface area is 178 Å². The minimum absolute atomic E-state index is 0.198. The van der Waals surface area contributed by atoms with Gasteiger partial charge in [0.1, 0.15) is 0 Å². The second-order valence-corrected chi connectivity index (χ2v) is 8.26. The number of rotatable bonds is 16. The van der Waals surface area contributed by atoms with E-state index in [0.717, 1.165) is 23.6 Å². The number of carbonyl (C=O) groups is 1. The van der Waals surface area contributed by atoms with Crippen LogP contribution in [0.1, 0.15) is 107 Å². The lowest BCUT2D eigenvalue weighted by atomic mass is 10.0. The quantitative estimate of drug-likeness (QED) is 0.210. The third-order valence-electron chi connectivity index (χ3n) is 5.74. The lowest BCUT2D eigenvalue weighted by Crippen LogP contribution is -2.07. The lowest BCUT2D eigenvalue weighted by Gasteiger charge is -2.07. The normalized spacial score (nSPS) is 11.1. The summed E-state index contributed by atoms with van der Waals surface area (Å²) in [5.74, 6) is -0.198. The molecule has 0 unspecified atom stereocenters. The fraction of sp³-hybridized carbons (Fsp3) is 0.593. The van der Waals surface area contributed by atoms with Gasteiger partial charge in [0, 0.05) is 0 Å². The highest BCUT2D eigenvalue weighted by molar-refractivity contribution is 6.04. The van der Waals surface area contributed by atoms with Crippen LogP contribution in [0.15, 0.2) is 42.5 Å². The highest BCUT2D eigenvalue weighted by Gasteiger charge is 2.10. The van der Waals surface area contributed by atoms with Gasteiger partial charge in [0.25, 0.3) is 0 Å². The van der Waals surface area contributed by atoms with Crippen LogP contribution < -0.4 is 0 Å². The first kappa shape index (κ1) is 23.4. The van der Waals surface area contributed by atoms with Crippen LogP contribution in [-0.4, -0.2) is 12.6 Å². The van der Waals surface area contributed by atoms with Crippen LogP contribution in [0.3, 0.4) is 0 Å². The highest BCUT2D eigenvalue weighted by atomic mass is 16.5. The molecule has 0 saturated carbocycles. The topological polar surface area (TPSA) is 26.3 Å². The molecule has 0 radical (unpaired) electrons. The summed E-state index contributed by atoms with van der Waals surface area (Å²) in [6.45, 7) is 2.80. The summed E-state index contributed by atoms with van der Waals surface area (Å²) in [6, 6.07) is 13.8. The maximum Gasteiger partial charge on any atom is 0.338 e. The fourth-order valence-corrected chi connectivity index (χ4v) is 3.94. The van der Waals surface area contributed by atoms with Crippen LogP contribution in [-0.2, 0) is 4.74 Å². The molecule has 0 N–H and O–H groups in total. The maximum atomic E-state index is 12.4. The molecule has 2 aromatic carbocycles. The van der Waals surface area contributed by atoms with Gasteiger partial charge in [-0.3, -0.25) is 0 Å². The van der Waals surface area contributed by atoms with Gasteiger partial charge in [-0.2, -0.15) is 0 Å². The van der Waals surface area contributed by atoms with Gasteiger partial charge < -0.3 is 4.74 Å². The van der Waals surface area contributed by atoms with E-state index in [4.69, 9.17) is 4.74 Å². The number of esters is 1. The summed E-state index contributed by atoms with van der Waals surface area (Å²) in [7, 11) is 0. The highest BCUT2D eigenvalue weighted by Crippen LogP contribution is 2.19. The molecule has 0 spiro atoms. The number of benzene rings is 2. The van der Waals surface area contributed by atoms with Crippen molar-refractivity contribution in [2.75, 3.05) is 6.61 Å². The van der Waals surface area contributed by atoms with Gasteiger partial charge in [0.15, 0.2) is 0 Å². The number of hydrogen-bond donors (Lipinski definition) is 0. The summed E-state index contributed by atoms with van der Waals surface area (Å²) < 4.78 is 5.50. The van der Waals surface area contributed by atoms with Crippen molar-refractivity contribution in [3.63, 3.8) is 0 Å². The van der Waals surface area contributed by atoms with E-state index in [1.54, 1.807) is 0 Å². The molecule has 0 aliphatic carbocycles. The molecule has 0 atom stereocenters. The van der Waals surface area contributed by atoms with Gasteiger partial charge in [-0.15, -0.1) is 0 Å². The molecule has 0 bridgehead atoms. The summed E-state index contributed by atoms with van der Waals surface area (Å²) in [6.07, 6.45) is 18.7. The number of ether oxygens (including phenoxy) is 1. The standard InChI is InChI=1S/C27H40O2/c1-2-3-4-5-6-7-8-9-10-11-12-13-14-17-23-29-27(28)26-22-18-20-24-19-15-16-21-25(24)26/h15-16,18-22H,2-14,17,23H2,1H3. The predicted molar refractivity (Wildman–Crippen MR) is 125 cm³/mol. The molecule has 0 aromatic heterocycles. The molecule has 2 heteroatoms. The maximum absolute atomic E-state index is 12.4. The molecular weight excluding hydrogens is 356 g/mol. The Morgan fingerprint density at radius 1 is 0.655 bits per heavy atom. The molecule has 0 aliphatic heterocycles. The number of unbranched alkanes of at least 4 members (excludes halogenated alkanes) is 13. The summed E-state index contributed by atoms with van der Waals surface area (Å²) in [5, 5.41) is 2.06. The van der Waals surface area contributed by atoms with Crippen molar-refractivity contribution in [1.29, 1.82) is 0 Å². The molecule has 160 valence electrons. The predicted octanol–water partition coefficient (Wildman–Crippen LogP) is 8.48. The van der Waals surface area contributed by atoms with Crippen LogP contribution in [0.25, 0.3) is 10.8 Å². The molecule has 2 nitrogen and oxygen atoms in total. The van der Waals surface area contributed by atoms with E-state index in [-0.39, 0.29) is 5.97 Å². The minimum Gasteiger partial charge on any atom is -0.462 e. The average Bonchev–Trinajstić information content (AvgIpc) is 2.76. The van der Waals surface area contributed by atoms with E-state index in [2.05, 4.69) is 6.92 Å². The van der Waals surface area contributed by atoms with E-state index in [9.17, 15) is 4.79 Å². The molecule has 0 aliphatic rings. The Bertz CT molecular complexity index is 687. The number of fused-ring (bicyclic) bond motifs is 1. The van der Waals surface area contributed by atoms with Gasteiger partial charge in [-0.25, -0.2) is 4.79 Å². The Hall–Kier alpha value is -1.83. The molecule has 0 heterocycles. The monoisotopic (exact) mass is 396 g/mol. The van der Waals surface area contributed by atoms with Crippen LogP contribution in [0.2, 0.25) is 0 Å². The number of carbonyl (C=O) groups excluding carboxylic acids is 1. The second kappa shape index (κ2) is 15.1. The molecule has 0 saturated heterocycles. The summed E-state index contributed by atoms with van der Waals surface area (Å²) in [5.41, 5.74) is 0.675. The van der Waals surface area contributed by atoms with Crippen LogP contribution in [0.5, 0.6) is 0 Å². The summed E-state index contributed by atoms with van der Waals surface area (Å²) in [4.78, 5) is 12.4. The first-order valence-corrected chi connectivity index (χ1v) is 12.0. The van der Waals surface area contributed by atoms with Gasteiger partial charge >= 0.3 is 5.97 Å². The van der Waals surface area contributed by atoms with Crippen molar-refractivity contribution in [1.82, 2.24) is 0 Å². The van der Waals surface area contributed by atoms with Gasteiger partial charge in [0.2, 0.25) is 0 Å². The molecular formula is C27H40O2. The van der Waals surface area contributed by atoms with Crippen molar-refractivity contribution in [2.45, 2.75) is 96.8 Å². The summed E-state index contributed by atoms with van der Waals surface area (Å²) >= 11 is 0. The van der Waals surface area contributed by atoms with E-state index in [0.29, 0.717) is 12.2 Å². The SMILES string of the molecule is CCCCCCCCCCCCCCCCOC(=O)c1cccc2ccccc12. The molecule has 2 aromatic rings. The first-order chi connectivity index (χ1) is 14.3. The van der Waals surface area contributed by atoms with Gasteiger partial charge in [0.05, 0.1) is 12.2 Å². The zero-order valence-corrected chi connectivity index (χ0v) is 18.5. The molecule has 0 fully saturated rings. The Morgan fingerprint density at radius 2 is 1.17 bits per heavy atom. The largest absolute Gasteiger partial charge is 0.462 e. The van der Waals surface area contributed by atoms with Gasteiger partial charge in [-0.1, -0.05) is 127 Å². The second-order valence-electron chi connectivity index (χ2n) is 8.26. The Kier molecular flexibility index (Phi) is 12.2. The van der Waals surface area contributed by atoms with E-state index < -0.39 is 0 Å². The van der Waals surface area contributed by atoms with E-state index in [1.165, 1.54) is 77.0 Å². The third-order valence-corrected chi connectivity index (χ3v) is 5.74. The zero-order chi connectivity index (χ0) is 20.6. The zero-order valence-electron chi connectivity index (χ0n) is 18.5. The average molecular weight is 397 g/mol. The first-order valence-electron chi connectivity index (χ1n) is 12.0. The lowest BCUT2D eigenvalue weighted by molar-refractivity contribution is 0.0500. The fourth-order valence-electron chi connectivity index (χ4n) is 3.94. The van der Waals surface area contributed by atoms with Crippen molar-refractivity contribution in [3.8, 4) is 0 Å². The van der Waals surface area contributed by atoms with Crippen LogP contribution in [0, 0.1) is 0 Å².